The van der Waals surface area contributed by atoms with Crippen LogP contribution in [-0.4, -0.2) is 46.2 Å². The van der Waals surface area contributed by atoms with Crippen LogP contribution in [0, 0.1) is 17.7 Å². The maximum absolute atomic E-state index is 14.6. The zero-order valence-electron chi connectivity index (χ0n) is 18.4. The first-order valence-corrected chi connectivity index (χ1v) is 11.8. The van der Waals surface area contributed by atoms with Gasteiger partial charge in [0.15, 0.2) is 0 Å². The molecular weight excluding hydrogens is 419 g/mol. The lowest BCUT2D eigenvalue weighted by Gasteiger charge is -2.42. The number of nitrogens with zero attached hydrogens (tertiary/aromatic N) is 2. The first-order valence-electron chi connectivity index (χ1n) is 11.8. The molecule has 3 atom stereocenters. The number of amides is 1. The molecule has 2 aromatic carbocycles. The summed E-state index contributed by atoms with van der Waals surface area (Å²) in [4.78, 5) is 26.8. The van der Waals surface area contributed by atoms with Crippen molar-refractivity contribution >= 4 is 16.7 Å². The van der Waals surface area contributed by atoms with Gasteiger partial charge < -0.3 is 10.2 Å². The largest absolute Gasteiger partial charge is 0.335 e. The summed E-state index contributed by atoms with van der Waals surface area (Å²) in [5, 5.41) is 11.8. The van der Waals surface area contributed by atoms with E-state index in [2.05, 4.69) is 15.5 Å². The molecule has 170 valence electrons. The van der Waals surface area contributed by atoms with Gasteiger partial charge in [0, 0.05) is 37.0 Å². The number of aromatic nitrogens is 2. The molecule has 1 saturated heterocycles. The molecule has 3 aliphatic rings. The van der Waals surface area contributed by atoms with Crippen LogP contribution in [-0.2, 0) is 6.42 Å². The molecule has 6 rings (SSSR count). The number of H-pyrrole nitrogens is 1. The van der Waals surface area contributed by atoms with Crippen LogP contribution >= 0.6 is 0 Å². The predicted molar refractivity (Wildman–Crippen MR) is 124 cm³/mol. The van der Waals surface area contributed by atoms with Crippen LogP contribution in [0.15, 0.2) is 47.3 Å². The van der Waals surface area contributed by atoms with Crippen LogP contribution in [0.5, 0.6) is 0 Å². The van der Waals surface area contributed by atoms with E-state index in [9.17, 15) is 14.0 Å². The van der Waals surface area contributed by atoms with Crippen LogP contribution in [0.1, 0.15) is 47.3 Å². The summed E-state index contributed by atoms with van der Waals surface area (Å²) < 4.78 is 14.6. The standard InChI is InChI=1S/C26H27FN4O2/c27-22-8-6-16(12-24-19-3-1-2-4-20(19)25(32)30-29-24)10-21(22)26(33)31-13-18(14-31)28-23-11-15-5-7-17(23)9-15/h1-4,6,8,10,15,17-18,23,28H,5,7,9,11-14H2,(H,30,32). The van der Waals surface area contributed by atoms with Gasteiger partial charge in [0.1, 0.15) is 5.82 Å². The maximum atomic E-state index is 14.6. The quantitative estimate of drug-likeness (QED) is 0.631. The third kappa shape index (κ3) is 3.74. The fourth-order valence-corrected chi connectivity index (χ4v) is 6.02. The Morgan fingerprint density at radius 1 is 1.12 bits per heavy atom. The second kappa shape index (κ2) is 8.06. The molecule has 3 aromatic rings. The summed E-state index contributed by atoms with van der Waals surface area (Å²) in [7, 11) is 0. The molecular formula is C26H27FN4O2. The fraction of sp³-hybridized carbons (Fsp3) is 0.423. The van der Waals surface area contributed by atoms with Gasteiger partial charge in [-0.3, -0.25) is 9.59 Å². The van der Waals surface area contributed by atoms with Gasteiger partial charge in [0.25, 0.3) is 11.5 Å². The monoisotopic (exact) mass is 446 g/mol. The molecule has 2 aliphatic carbocycles. The van der Waals surface area contributed by atoms with Crippen LogP contribution in [0.3, 0.4) is 0 Å². The van der Waals surface area contributed by atoms with Crippen molar-refractivity contribution in [1.29, 1.82) is 0 Å². The van der Waals surface area contributed by atoms with E-state index in [-0.39, 0.29) is 17.0 Å². The van der Waals surface area contributed by atoms with Gasteiger partial charge in [0.05, 0.1) is 16.6 Å². The van der Waals surface area contributed by atoms with E-state index in [4.69, 9.17) is 0 Å². The molecule has 6 nitrogen and oxygen atoms in total. The maximum Gasteiger partial charge on any atom is 0.272 e. The lowest BCUT2D eigenvalue weighted by Crippen LogP contribution is -2.62. The molecule has 3 unspecified atom stereocenters. The molecule has 3 fully saturated rings. The normalized spacial score (nSPS) is 24.4. The molecule has 1 aliphatic heterocycles. The van der Waals surface area contributed by atoms with Crippen molar-refractivity contribution in [2.24, 2.45) is 11.8 Å². The molecule has 7 heteroatoms. The molecule has 0 spiro atoms. The number of halogens is 1. The minimum absolute atomic E-state index is 0.0969. The highest BCUT2D eigenvalue weighted by molar-refractivity contribution is 5.95. The molecule has 1 aromatic heterocycles. The molecule has 2 bridgehead atoms. The summed E-state index contributed by atoms with van der Waals surface area (Å²) in [6.07, 6.45) is 5.71. The van der Waals surface area contributed by atoms with E-state index < -0.39 is 5.82 Å². The summed E-state index contributed by atoms with van der Waals surface area (Å²) >= 11 is 0. The number of nitrogens with one attached hydrogen (secondary N) is 2. The third-order valence-corrected chi connectivity index (χ3v) is 7.76. The fourth-order valence-electron chi connectivity index (χ4n) is 6.02. The number of hydrogen-bond donors (Lipinski definition) is 2. The highest BCUT2D eigenvalue weighted by atomic mass is 19.1. The second-order valence-corrected chi connectivity index (χ2v) is 9.89. The number of hydrogen-bond acceptors (Lipinski definition) is 4. The van der Waals surface area contributed by atoms with Gasteiger partial charge in [-0.15, -0.1) is 0 Å². The van der Waals surface area contributed by atoms with Gasteiger partial charge >= 0.3 is 0 Å². The smallest absolute Gasteiger partial charge is 0.272 e. The van der Waals surface area contributed by atoms with E-state index in [1.165, 1.54) is 31.7 Å². The van der Waals surface area contributed by atoms with Crippen molar-refractivity contribution in [2.45, 2.75) is 44.2 Å². The average molecular weight is 447 g/mol. The Bertz CT molecular complexity index is 1280. The Labute approximate surface area is 191 Å². The van der Waals surface area contributed by atoms with Crippen LogP contribution in [0.4, 0.5) is 4.39 Å². The van der Waals surface area contributed by atoms with Crippen molar-refractivity contribution < 1.29 is 9.18 Å². The van der Waals surface area contributed by atoms with Gasteiger partial charge in [-0.1, -0.05) is 30.7 Å². The van der Waals surface area contributed by atoms with Gasteiger partial charge in [0.2, 0.25) is 0 Å². The summed E-state index contributed by atoms with van der Waals surface area (Å²) in [6.45, 7) is 1.25. The Balaban J connectivity index is 1.15. The summed E-state index contributed by atoms with van der Waals surface area (Å²) in [5.41, 5.74) is 1.33. The highest BCUT2D eigenvalue weighted by Crippen LogP contribution is 2.44. The van der Waals surface area contributed by atoms with E-state index in [1.807, 2.05) is 18.2 Å². The topological polar surface area (TPSA) is 78.1 Å². The number of aromatic amines is 1. The minimum atomic E-state index is -0.507. The number of benzene rings is 2. The van der Waals surface area contributed by atoms with E-state index in [0.29, 0.717) is 42.7 Å². The second-order valence-electron chi connectivity index (χ2n) is 9.89. The Hall–Kier alpha value is -3.06. The lowest BCUT2D eigenvalue weighted by atomic mass is 9.93. The molecule has 2 heterocycles. The van der Waals surface area contributed by atoms with Crippen LogP contribution in [0.2, 0.25) is 0 Å². The number of rotatable bonds is 5. The number of likely N-dealkylation sites (tertiary alicyclic amines) is 1. The highest BCUT2D eigenvalue weighted by Gasteiger charge is 2.42. The van der Waals surface area contributed by atoms with E-state index in [1.54, 1.807) is 23.1 Å². The molecule has 33 heavy (non-hydrogen) atoms. The van der Waals surface area contributed by atoms with E-state index in [0.717, 1.165) is 22.8 Å². The minimum Gasteiger partial charge on any atom is -0.335 e. The van der Waals surface area contributed by atoms with Crippen LogP contribution in [0.25, 0.3) is 10.8 Å². The number of carbonyl (C=O) groups is 1. The number of fused-ring (bicyclic) bond motifs is 3. The zero-order valence-corrected chi connectivity index (χ0v) is 18.4. The molecule has 2 saturated carbocycles. The van der Waals surface area contributed by atoms with Crippen molar-refractivity contribution in [2.75, 3.05) is 13.1 Å². The Morgan fingerprint density at radius 3 is 2.70 bits per heavy atom. The molecule has 0 radical (unpaired) electrons. The van der Waals surface area contributed by atoms with Crippen LogP contribution < -0.4 is 10.9 Å². The predicted octanol–water partition coefficient (Wildman–Crippen LogP) is 3.26. The first kappa shape index (κ1) is 20.5. The van der Waals surface area contributed by atoms with Gasteiger partial charge in [-0.05, 0) is 54.9 Å². The average Bonchev–Trinajstić information content (AvgIpc) is 3.42. The molecule has 1 amide bonds. The number of carbonyl (C=O) groups excluding carboxylic acids is 1. The Kier molecular flexibility index (Phi) is 5.02. The lowest BCUT2D eigenvalue weighted by molar-refractivity contribution is 0.0534. The summed E-state index contributed by atoms with van der Waals surface area (Å²) in [6, 6.07) is 12.8. The molecule has 2 N–H and O–H groups in total. The van der Waals surface area contributed by atoms with Crippen molar-refractivity contribution in [3.05, 3.63) is 75.5 Å². The first-order chi connectivity index (χ1) is 16.0. The van der Waals surface area contributed by atoms with Gasteiger partial charge in [-0.2, -0.15) is 5.10 Å². The Morgan fingerprint density at radius 2 is 1.94 bits per heavy atom. The SMILES string of the molecule is O=C(c1cc(Cc2n[nH]c(=O)c3ccccc23)ccc1F)N1CC(NC2CC3CCC2C3)C1. The van der Waals surface area contributed by atoms with Crippen molar-refractivity contribution in [3.8, 4) is 0 Å². The van der Waals surface area contributed by atoms with E-state index >= 15 is 0 Å². The summed E-state index contributed by atoms with van der Waals surface area (Å²) in [5.74, 6) is 0.912. The third-order valence-electron chi connectivity index (χ3n) is 7.76. The van der Waals surface area contributed by atoms with Gasteiger partial charge in [-0.25, -0.2) is 9.49 Å². The zero-order chi connectivity index (χ0) is 22.5. The van der Waals surface area contributed by atoms with Crippen molar-refractivity contribution in [3.63, 3.8) is 0 Å². The van der Waals surface area contributed by atoms with Crippen molar-refractivity contribution in [1.82, 2.24) is 20.4 Å².